The molecule has 3 aromatic rings. The van der Waals surface area contributed by atoms with Crippen molar-refractivity contribution in [3.8, 4) is 0 Å². The maximum absolute atomic E-state index is 12.3. The second-order valence-corrected chi connectivity index (χ2v) is 6.51. The number of carbonyl (C=O) groups is 1. The van der Waals surface area contributed by atoms with Crippen molar-refractivity contribution < 1.29 is 4.79 Å². The Morgan fingerprint density at radius 2 is 1.83 bits per heavy atom. The summed E-state index contributed by atoms with van der Waals surface area (Å²) in [6.07, 6.45) is 1.65. The Morgan fingerprint density at radius 3 is 2.43 bits per heavy atom. The first kappa shape index (κ1) is 15.1. The fourth-order valence-electron chi connectivity index (χ4n) is 2.24. The fraction of sp³-hybridized carbons (Fsp3) is 0.294. The maximum Gasteiger partial charge on any atom is 0.295 e. The summed E-state index contributed by atoms with van der Waals surface area (Å²) in [6, 6.07) is 9.61. The van der Waals surface area contributed by atoms with Gasteiger partial charge in [-0.2, -0.15) is 4.98 Å². The monoisotopic (exact) mass is 309 g/mol. The number of aryl methyl sites for hydroxylation is 1. The minimum Gasteiger partial charge on any atom is -0.319 e. The van der Waals surface area contributed by atoms with Gasteiger partial charge in [-0.3, -0.25) is 4.79 Å². The van der Waals surface area contributed by atoms with E-state index < -0.39 is 0 Å². The third kappa shape index (κ3) is 3.06. The summed E-state index contributed by atoms with van der Waals surface area (Å²) in [4.78, 5) is 20.6. The molecule has 1 N–H and O–H groups in total. The van der Waals surface area contributed by atoms with Crippen molar-refractivity contribution in [3.63, 3.8) is 0 Å². The highest BCUT2D eigenvalue weighted by atomic mass is 16.2. The van der Waals surface area contributed by atoms with E-state index in [1.165, 1.54) is 5.56 Å². The number of anilines is 1. The summed E-state index contributed by atoms with van der Waals surface area (Å²) in [7, 11) is 0. The SMILES string of the molecule is Cc1ccnc2nc(C(=O)Nc3ccc(C(C)(C)C)cc3)nn12. The zero-order valence-electron chi connectivity index (χ0n) is 13.7. The average molecular weight is 309 g/mol. The molecule has 118 valence electrons. The van der Waals surface area contributed by atoms with Gasteiger partial charge in [-0.1, -0.05) is 32.9 Å². The second kappa shape index (κ2) is 5.46. The van der Waals surface area contributed by atoms with Crippen molar-refractivity contribution >= 4 is 17.4 Å². The van der Waals surface area contributed by atoms with E-state index >= 15 is 0 Å². The van der Waals surface area contributed by atoms with Gasteiger partial charge in [-0.25, -0.2) is 9.50 Å². The highest BCUT2D eigenvalue weighted by Gasteiger charge is 2.16. The van der Waals surface area contributed by atoms with Crippen LogP contribution in [0.15, 0.2) is 36.5 Å². The molecule has 0 saturated heterocycles. The van der Waals surface area contributed by atoms with Gasteiger partial charge in [-0.15, -0.1) is 5.10 Å². The molecule has 1 amide bonds. The molecular formula is C17H19N5O. The first-order valence-corrected chi connectivity index (χ1v) is 7.45. The van der Waals surface area contributed by atoms with Crippen LogP contribution in [0.4, 0.5) is 5.69 Å². The van der Waals surface area contributed by atoms with Crippen LogP contribution in [0.1, 0.15) is 42.6 Å². The lowest BCUT2D eigenvalue weighted by atomic mass is 9.87. The molecule has 2 heterocycles. The highest BCUT2D eigenvalue weighted by molar-refractivity contribution is 6.01. The number of aromatic nitrogens is 4. The smallest absolute Gasteiger partial charge is 0.295 e. The Bertz CT molecular complexity index is 859. The summed E-state index contributed by atoms with van der Waals surface area (Å²) in [5, 5.41) is 7.01. The first-order valence-electron chi connectivity index (χ1n) is 7.45. The Hall–Kier alpha value is -2.76. The zero-order valence-corrected chi connectivity index (χ0v) is 13.7. The molecule has 3 rings (SSSR count). The molecule has 0 bridgehead atoms. The van der Waals surface area contributed by atoms with Crippen LogP contribution in [0.25, 0.3) is 5.78 Å². The van der Waals surface area contributed by atoms with Crippen LogP contribution in [-0.4, -0.2) is 25.5 Å². The molecule has 0 fully saturated rings. The van der Waals surface area contributed by atoms with Crippen molar-refractivity contribution in [3.05, 3.63) is 53.6 Å². The maximum atomic E-state index is 12.3. The number of hydrogen-bond acceptors (Lipinski definition) is 4. The molecular weight excluding hydrogens is 290 g/mol. The molecule has 0 aliphatic heterocycles. The largest absolute Gasteiger partial charge is 0.319 e. The van der Waals surface area contributed by atoms with Crippen LogP contribution >= 0.6 is 0 Å². The van der Waals surface area contributed by atoms with Crippen molar-refractivity contribution in [1.82, 2.24) is 19.6 Å². The predicted molar refractivity (Wildman–Crippen MR) is 88.6 cm³/mol. The van der Waals surface area contributed by atoms with Crippen LogP contribution in [0.2, 0.25) is 0 Å². The number of hydrogen-bond donors (Lipinski definition) is 1. The third-order valence-corrected chi connectivity index (χ3v) is 3.64. The first-order chi connectivity index (χ1) is 10.8. The van der Waals surface area contributed by atoms with Gasteiger partial charge in [0.25, 0.3) is 11.7 Å². The Kier molecular flexibility index (Phi) is 3.60. The van der Waals surface area contributed by atoms with E-state index in [1.807, 2.05) is 37.3 Å². The highest BCUT2D eigenvalue weighted by Crippen LogP contribution is 2.23. The zero-order chi connectivity index (χ0) is 16.6. The molecule has 6 heteroatoms. The Balaban J connectivity index is 1.82. The second-order valence-electron chi connectivity index (χ2n) is 6.51. The van der Waals surface area contributed by atoms with E-state index in [-0.39, 0.29) is 17.1 Å². The lowest BCUT2D eigenvalue weighted by Gasteiger charge is -2.19. The number of fused-ring (bicyclic) bond motifs is 1. The molecule has 0 spiro atoms. The summed E-state index contributed by atoms with van der Waals surface area (Å²) < 4.78 is 1.55. The normalized spacial score (nSPS) is 11.7. The van der Waals surface area contributed by atoms with Crippen molar-refractivity contribution in [2.75, 3.05) is 5.32 Å². The van der Waals surface area contributed by atoms with Gasteiger partial charge in [0.05, 0.1) is 0 Å². The molecule has 0 unspecified atom stereocenters. The minimum atomic E-state index is -0.349. The lowest BCUT2D eigenvalue weighted by Crippen LogP contribution is -2.15. The molecule has 23 heavy (non-hydrogen) atoms. The third-order valence-electron chi connectivity index (χ3n) is 3.64. The average Bonchev–Trinajstić information content (AvgIpc) is 2.92. The van der Waals surface area contributed by atoms with E-state index in [4.69, 9.17) is 0 Å². The lowest BCUT2D eigenvalue weighted by molar-refractivity contribution is 0.101. The standard InChI is InChI=1S/C17H19N5O/c1-11-9-10-18-16-20-14(21-22(11)16)15(23)19-13-7-5-12(6-8-13)17(2,3)4/h5-10H,1-4H3,(H,19,23). The van der Waals surface area contributed by atoms with Crippen LogP contribution < -0.4 is 5.32 Å². The van der Waals surface area contributed by atoms with Crippen molar-refractivity contribution in [2.24, 2.45) is 0 Å². The van der Waals surface area contributed by atoms with Crippen LogP contribution in [0, 0.1) is 6.92 Å². The van der Waals surface area contributed by atoms with Crippen LogP contribution in [0.3, 0.4) is 0 Å². The van der Waals surface area contributed by atoms with Gasteiger partial charge >= 0.3 is 0 Å². The molecule has 2 aromatic heterocycles. The summed E-state index contributed by atoms with van der Waals surface area (Å²) in [6.45, 7) is 8.33. The van der Waals surface area contributed by atoms with E-state index in [9.17, 15) is 4.79 Å². The van der Waals surface area contributed by atoms with Crippen molar-refractivity contribution in [1.29, 1.82) is 0 Å². The van der Waals surface area contributed by atoms with E-state index in [0.29, 0.717) is 11.5 Å². The van der Waals surface area contributed by atoms with Crippen molar-refractivity contribution in [2.45, 2.75) is 33.1 Å². The molecule has 0 radical (unpaired) electrons. The van der Waals surface area contributed by atoms with Gasteiger partial charge < -0.3 is 5.32 Å². The molecule has 0 aliphatic carbocycles. The number of amides is 1. The van der Waals surface area contributed by atoms with Gasteiger partial charge in [0.2, 0.25) is 5.82 Å². The predicted octanol–water partition coefficient (Wildman–Crippen LogP) is 2.98. The summed E-state index contributed by atoms with van der Waals surface area (Å²) in [5.41, 5.74) is 2.87. The summed E-state index contributed by atoms with van der Waals surface area (Å²) >= 11 is 0. The minimum absolute atomic E-state index is 0.0783. The van der Waals surface area contributed by atoms with Gasteiger partial charge in [0.1, 0.15) is 0 Å². The number of benzene rings is 1. The number of rotatable bonds is 2. The van der Waals surface area contributed by atoms with Crippen LogP contribution in [0.5, 0.6) is 0 Å². The summed E-state index contributed by atoms with van der Waals surface area (Å²) in [5.74, 6) is 0.170. The quantitative estimate of drug-likeness (QED) is 0.790. The Morgan fingerprint density at radius 1 is 1.13 bits per heavy atom. The van der Waals surface area contributed by atoms with E-state index in [2.05, 4.69) is 41.2 Å². The molecule has 0 aliphatic rings. The van der Waals surface area contributed by atoms with Gasteiger partial charge in [0, 0.05) is 17.6 Å². The van der Waals surface area contributed by atoms with E-state index in [1.54, 1.807) is 10.7 Å². The molecule has 6 nitrogen and oxygen atoms in total. The number of nitrogens with zero attached hydrogens (tertiary/aromatic N) is 4. The number of nitrogens with one attached hydrogen (secondary N) is 1. The van der Waals surface area contributed by atoms with Crippen LogP contribution in [-0.2, 0) is 5.41 Å². The van der Waals surface area contributed by atoms with Gasteiger partial charge in [-0.05, 0) is 36.1 Å². The molecule has 0 atom stereocenters. The van der Waals surface area contributed by atoms with E-state index in [0.717, 1.165) is 5.69 Å². The Labute approximate surface area is 134 Å². The number of carbonyl (C=O) groups excluding carboxylic acids is 1. The van der Waals surface area contributed by atoms with Gasteiger partial charge in [0.15, 0.2) is 0 Å². The molecule has 1 aromatic carbocycles. The topological polar surface area (TPSA) is 72.2 Å². The molecule has 0 saturated carbocycles. The fourth-order valence-corrected chi connectivity index (χ4v) is 2.24.